The number of piperidine rings is 1. The second-order valence-corrected chi connectivity index (χ2v) is 5.51. The van der Waals surface area contributed by atoms with E-state index < -0.39 is 11.7 Å². The highest BCUT2D eigenvalue weighted by atomic mass is 19.4. The van der Waals surface area contributed by atoms with Crippen LogP contribution < -0.4 is 10.6 Å². The molecule has 0 bridgehead atoms. The van der Waals surface area contributed by atoms with E-state index in [4.69, 9.17) is 5.73 Å². The van der Waals surface area contributed by atoms with Gasteiger partial charge in [0.05, 0.1) is 29.3 Å². The summed E-state index contributed by atoms with van der Waals surface area (Å²) in [7, 11) is 0. The lowest BCUT2D eigenvalue weighted by molar-refractivity contribution is -0.137. The van der Waals surface area contributed by atoms with Crippen LogP contribution in [0.5, 0.6) is 0 Å². The first kappa shape index (κ1) is 14.9. The molecule has 1 aromatic carbocycles. The van der Waals surface area contributed by atoms with Gasteiger partial charge < -0.3 is 10.6 Å². The average Bonchev–Trinajstić information content (AvgIpc) is 2.97. The summed E-state index contributed by atoms with van der Waals surface area (Å²) in [4.78, 5) is 2.19. The molecule has 0 saturated carbocycles. The van der Waals surface area contributed by atoms with Gasteiger partial charge in [0.2, 0.25) is 0 Å². The number of rotatable bonds is 2. The van der Waals surface area contributed by atoms with Gasteiger partial charge in [-0.1, -0.05) is 0 Å². The highest BCUT2D eigenvalue weighted by molar-refractivity contribution is 5.46. The summed E-state index contributed by atoms with van der Waals surface area (Å²) in [5, 5.41) is 4.24. The Bertz CT molecular complexity index is 625. The Morgan fingerprint density at radius 1 is 1.05 bits per heavy atom. The number of benzene rings is 1. The third-order valence-electron chi connectivity index (χ3n) is 3.93. The molecule has 1 aliphatic heterocycles. The summed E-state index contributed by atoms with van der Waals surface area (Å²) in [6.07, 6.45) is 1.12. The van der Waals surface area contributed by atoms with Crippen LogP contribution in [-0.4, -0.2) is 28.9 Å². The van der Waals surface area contributed by atoms with Crippen molar-refractivity contribution < 1.29 is 13.2 Å². The normalized spacial score (nSPS) is 17.0. The van der Waals surface area contributed by atoms with Crippen LogP contribution in [0, 0.1) is 0 Å². The monoisotopic (exact) mass is 310 g/mol. The van der Waals surface area contributed by atoms with Gasteiger partial charge in [0.15, 0.2) is 0 Å². The van der Waals surface area contributed by atoms with Gasteiger partial charge in [-0.25, -0.2) is 4.68 Å². The molecule has 0 aliphatic carbocycles. The summed E-state index contributed by atoms with van der Waals surface area (Å²) < 4.78 is 39.3. The SMILES string of the molecule is NC1CCN(c2cnn(-c3ccc(C(F)(F)F)cc3)c2)CC1. The van der Waals surface area contributed by atoms with Crippen molar-refractivity contribution in [3.05, 3.63) is 42.2 Å². The lowest BCUT2D eigenvalue weighted by Crippen LogP contribution is -2.39. The molecule has 1 aliphatic rings. The molecular formula is C15H17F3N4. The number of nitrogens with two attached hydrogens (primary N) is 1. The van der Waals surface area contributed by atoms with Crippen LogP contribution in [0.1, 0.15) is 18.4 Å². The molecule has 2 N–H and O–H groups in total. The van der Waals surface area contributed by atoms with Gasteiger partial charge >= 0.3 is 6.18 Å². The summed E-state index contributed by atoms with van der Waals surface area (Å²) >= 11 is 0. The third-order valence-corrected chi connectivity index (χ3v) is 3.93. The number of aromatic nitrogens is 2. The van der Waals surface area contributed by atoms with E-state index in [-0.39, 0.29) is 6.04 Å². The van der Waals surface area contributed by atoms with Gasteiger partial charge in [-0.15, -0.1) is 0 Å². The molecule has 0 radical (unpaired) electrons. The zero-order valence-electron chi connectivity index (χ0n) is 11.9. The number of alkyl halides is 3. The number of anilines is 1. The topological polar surface area (TPSA) is 47.1 Å². The van der Waals surface area contributed by atoms with Crippen LogP contribution in [0.15, 0.2) is 36.7 Å². The third kappa shape index (κ3) is 3.09. The second-order valence-electron chi connectivity index (χ2n) is 5.51. The molecule has 1 aromatic heterocycles. The molecule has 22 heavy (non-hydrogen) atoms. The molecule has 3 rings (SSSR count). The Balaban J connectivity index is 1.76. The van der Waals surface area contributed by atoms with Crippen molar-refractivity contribution in [3.8, 4) is 5.69 Å². The van der Waals surface area contributed by atoms with Crippen LogP contribution in [-0.2, 0) is 6.18 Å². The van der Waals surface area contributed by atoms with Crippen LogP contribution in [0.25, 0.3) is 5.69 Å². The van der Waals surface area contributed by atoms with Gasteiger partial charge in [-0.05, 0) is 37.1 Å². The van der Waals surface area contributed by atoms with E-state index in [0.29, 0.717) is 5.69 Å². The van der Waals surface area contributed by atoms with E-state index in [9.17, 15) is 13.2 Å². The molecule has 0 spiro atoms. The van der Waals surface area contributed by atoms with E-state index in [1.54, 1.807) is 10.9 Å². The molecule has 1 fully saturated rings. The molecule has 118 valence electrons. The van der Waals surface area contributed by atoms with Crippen LogP contribution in [0.2, 0.25) is 0 Å². The van der Waals surface area contributed by atoms with Crippen molar-refractivity contribution in [1.82, 2.24) is 9.78 Å². The van der Waals surface area contributed by atoms with Crippen LogP contribution in [0.3, 0.4) is 0 Å². The minimum atomic E-state index is -4.32. The van der Waals surface area contributed by atoms with Gasteiger partial charge in [-0.2, -0.15) is 18.3 Å². The molecule has 0 unspecified atom stereocenters. The molecule has 1 saturated heterocycles. The van der Waals surface area contributed by atoms with E-state index in [0.717, 1.165) is 43.8 Å². The van der Waals surface area contributed by atoms with Crippen molar-refractivity contribution in [2.45, 2.75) is 25.1 Å². The minimum absolute atomic E-state index is 0.251. The highest BCUT2D eigenvalue weighted by Crippen LogP contribution is 2.29. The maximum Gasteiger partial charge on any atom is 0.416 e. The fourth-order valence-electron chi connectivity index (χ4n) is 2.58. The molecule has 2 aromatic rings. The maximum absolute atomic E-state index is 12.6. The predicted octanol–water partition coefficient (Wildman–Crippen LogP) is 2.82. The fourth-order valence-corrected chi connectivity index (χ4v) is 2.58. The molecule has 7 heteroatoms. The van der Waals surface area contributed by atoms with Crippen molar-refractivity contribution >= 4 is 5.69 Å². The van der Waals surface area contributed by atoms with Gasteiger partial charge in [-0.3, -0.25) is 0 Å². The molecule has 0 amide bonds. The quantitative estimate of drug-likeness (QED) is 0.928. The van der Waals surface area contributed by atoms with Gasteiger partial charge in [0.1, 0.15) is 0 Å². The van der Waals surface area contributed by atoms with E-state index in [1.165, 1.54) is 12.1 Å². The molecule has 0 atom stereocenters. The first-order valence-corrected chi connectivity index (χ1v) is 7.16. The summed E-state index contributed by atoms with van der Waals surface area (Å²) in [6.45, 7) is 1.75. The molecule has 2 heterocycles. The molecule has 4 nitrogen and oxygen atoms in total. The Labute approximate surface area is 126 Å². The van der Waals surface area contributed by atoms with Crippen molar-refractivity contribution in [3.63, 3.8) is 0 Å². The number of nitrogens with zero attached hydrogens (tertiary/aromatic N) is 3. The Morgan fingerprint density at radius 2 is 1.68 bits per heavy atom. The fraction of sp³-hybridized carbons (Fsp3) is 0.400. The van der Waals surface area contributed by atoms with Crippen LogP contribution in [0.4, 0.5) is 18.9 Å². The van der Waals surface area contributed by atoms with Gasteiger partial charge in [0.25, 0.3) is 0 Å². The first-order chi connectivity index (χ1) is 10.4. The number of hydrogen-bond acceptors (Lipinski definition) is 3. The molecular weight excluding hydrogens is 293 g/mol. The summed E-state index contributed by atoms with van der Waals surface area (Å²) in [6, 6.07) is 5.23. The summed E-state index contributed by atoms with van der Waals surface area (Å²) in [5.74, 6) is 0. The van der Waals surface area contributed by atoms with E-state index in [2.05, 4.69) is 10.00 Å². The largest absolute Gasteiger partial charge is 0.416 e. The van der Waals surface area contributed by atoms with E-state index in [1.807, 2.05) is 6.20 Å². The average molecular weight is 310 g/mol. The van der Waals surface area contributed by atoms with Crippen molar-refractivity contribution in [2.24, 2.45) is 5.73 Å². The Morgan fingerprint density at radius 3 is 2.27 bits per heavy atom. The zero-order chi connectivity index (χ0) is 15.7. The second kappa shape index (κ2) is 5.64. The number of hydrogen-bond donors (Lipinski definition) is 1. The maximum atomic E-state index is 12.6. The van der Waals surface area contributed by atoms with Crippen LogP contribution >= 0.6 is 0 Å². The lowest BCUT2D eigenvalue weighted by Gasteiger charge is -2.30. The highest BCUT2D eigenvalue weighted by Gasteiger charge is 2.30. The Kier molecular flexibility index (Phi) is 3.82. The first-order valence-electron chi connectivity index (χ1n) is 7.16. The lowest BCUT2D eigenvalue weighted by atomic mass is 10.1. The van der Waals surface area contributed by atoms with E-state index >= 15 is 0 Å². The van der Waals surface area contributed by atoms with Crippen molar-refractivity contribution in [1.29, 1.82) is 0 Å². The minimum Gasteiger partial charge on any atom is -0.369 e. The smallest absolute Gasteiger partial charge is 0.369 e. The predicted molar refractivity (Wildman–Crippen MR) is 78.0 cm³/mol. The van der Waals surface area contributed by atoms with Crippen molar-refractivity contribution in [2.75, 3.05) is 18.0 Å². The standard InChI is InChI=1S/C15H17F3N4/c16-15(17,18)11-1-3-13(4-2-11)22-10-14(9-20-22)21-7-5-12(19)6-8-21/h1-4,9-10,12H,5-8,19H2. The summed E-state index contributed by atoms with van der Waals surface area (Å²) in [5.41, 5.74) is 6.79. The Hall–Kier alpha value is -2.02. The zero-order valence-corrected chi connectivity index (χ0v) is 11.9. The number of halogens is 3. The van der Waals surface area contributed by atoms with Gasteiger partial charge in [0, 0.05) is 19.1 Å².